The van der Waals surface area contributed by atoms with Gasteiger partial charge in [0.15, 0.2) is 0 Å². The van der Waals surface area contributed by atoms with Crippen LogP contribution in [0.2, 0.25) is 0 Å². The second-order valence-electron chi connectivity index (χ2n) is 3.51. The molecule has 1 fully saturated rings. The molecule has 0 aromatic carbocycles. The number of hydrogen-bond donors (Lipinski definition) is 3. The number of hydrogen-bond acceptors (Lipinski definition) is 3. The molecule has 0 aliphatic heterocycles. The smallest absolute Gasteiger partial charge is 0.116 e. The van der Waals surface area contributed by atoms with Crippen molar-refractivity contribution in [2.24, 2.45) is 17.4 Å². The van der Waals surface area contributed by atoms with E-state index in [1.807, 2.05) is 0 Å². The molecule has 1 saturated carbocycles. The number of rotatable bonds is 2. The molecule has 2 atom stereocenters. The predicted molar refractivity (Wildman–Crippen MR) is 44.8 cm³/mol. The van der Waals surface area contributed by atoms with E-state index < -0.39 is 5.72 Å². The molecule has 1 aliphatic carbocycles. The third-order valence-electron chi connectivity index (χ3n) is 2.60. The zero-order chi connectivity index (χ0) is 8.32. The van der Waals surface area contributed by atoms with Gasteiger partial charge in [-0.1, -0.05) is 6.42 Å². The lowest BCUT2D eigenvalue weighted by atomic mass is 9.80. The van der Waals surface area contributed by atoms with Crippen molar-refractivity contribution in [1.29, 1.82) is 0 Å². The standard InChI is InChI=1S/C8H18N2O/c9-6-4-7-3-1-2-5-8(7,10)11/h7,11H,1-6,9-10H2. The summed E-state index contributed by atoms with van der Waals surface area (Å²) in [5.74, 6) is 0.223. The molecule has 3 heteroatoms. The monoisotopic (exact) mass is 158 g/mol. The Kier molecular flexibility index (Phi) is 2.87. The summed E-state index contributed by atoms with van der Waals surface area (Å²) in [6, 6.07) is 0. The van der Waals surface area contributed by atoms with Crippen molar-refractivity contribution in [2.75, 3.05) is 6.54 Å². The summed E-state index contributed by atoms with van der Waals surface area (Å²) in [6.07, 6.45) is 4.85. The van der Waals surface area contributed by atoms with E-state index in [4.69, 9.17) is 11.5 Å². The second-order valence-corrected chi connectivity index (χ2v) is 3.51. The van der Waals surface area contributed by atoms with Crippen LogP contribution in [0, 0.1) is 5.92 Å². The van der Waals surface area contributed by atoms with Gasteiger partial charge in [-0.2, -0.15) is 0 Å². The summed E-state index contributed by atoms with van der Waals surface area (Å²) in [5, 5.41) is 9.69. The molecule has 0 bridgehead atoms. The summed E-state index contributed by atoms with van der Waals surface area (Å²) in [5.41, 5.74) is 10.2. The molecule has 0 radical (unpaired) electrons. The van der Waals surface area contributed by atoms with Crippen LogP contribution in [0.3, 0.4) is 0 Å². The quantitative estimate of drug-likeness (QED) is 0.502. The SMILES string of the molecule is NCCC1CCCCC1(N)O. The van der Waals surface area contributed by atoms with Gasteiger partial charge in [0.1, 0.15) is 5.72 Å². The minimum atomic E-state index is -0.933. The van der Waals surface area contributed by atoms with Crippen LogP contribution in [-0.4, -0.2) is 17.4 Å². The average Bonchev–Trinajstić information content (AvgIpc) is 1.94. The van der Waals surface area contributed by atoms with Crippen molar-refractivity contribution in [3.05, 3.63) is 0 Å². The molecule has 66 valence electrons. The van der Waals surface area contributed by atoms with E-state index in [2.05, 4.69) is 0 Å². The van der Waals surface area contributed by atoms with Gasteiger partial charge >= 0.3 is 0 Å². The normalized spacial score (nSPS) is 39.0. The molecule has 0 spiro atoms. The highest BCUT2D eigenvalue weighted by Crippen LogP contribution is 2.31. The van der Waals surface area contributed by atoms with E-state index in [-0.39, 0.29) is 5.92 Å². The maximum Gasteiger partial charge on any atom is 0.116 e. The highest BCUT2D eigenvalue weighted by Gasteiger charge is 2.33. The maximum atomic E-state index is 9.69. The van der Waals surface area contributed by atoms with Gasteiger partial charge in [-0.05, 0) is 32.2 Å². The Morgan fingerprint density at radius 3 is 2.73 bits per heavy atom. The molecule has 5 N–H and O–H groups in total. The molecule has 11 heavy (non-hydrogen) atoms. The van der Waals surface area contributed by atoms with Gasteiger partial charge in [0.05, 0.1) is 0 Å². The molecular weight excluding hydrogens is 140 g/mol. The van der Waals surface area contributed by atoms with Crippen LogP contribution in [0.15, 0.2) is 0 Å². The fourth-order valence-electron chi connectivity index (χ4n) is 1.85. The number of aliphatic hydroxyl groups is 1. The van der Waals surface area contributed by atoms with Crippen LogP contribution in [-0.2, 0) is 0 Å². The highest BCUT2D eigenvalue weighted by atomic mass is 16.3. The molecule has 1 rings (SSSR count). The zero-order valence-electron chi connectivity index (χ0n) is 6.92. The lowest BCUT2D eigenvalue weighted by Gasteiger charge is -2.36. The Morgan fingerprint density at radius 1 is 1.45 bits per heavy atom. The van der Waals surface area contributed by atoms with Crippen LogP contribution in [0.5, 0.6) is 0 Å². The lowest BCUT2D eigenvalue weighted by Crippen LogP contribution is -2.49. The van der Waals surface area contributed by atoms with Crippen molar-refractivity contribution in [3.8, 4) is 0 Å². The van der Waals surface area contributed by atoms with Crippen LogP contribution in [0.1, 0.15) is 32.1 Å². The Balaban J connectivity index is 2.45. The summed E-state index contributed by atoms with van der Waals surface area (Å²) >= 11 is 0. The summed E-state index contributed by atoms with van der Waals surface area (Å²) in [4.78, 5) is 0. The van der Waals surface area contributed by atoms with Crippen molar-refractivity contribution in [3.63, 3.8) is 0 Å². The van der Waals surface area contributed by atoms with Gasteiger partial charge in [0.25, 0.3) is 0 Å². The van der Waals surface area contributed by atoms with E-state index in [0.717, 1.165) is 25.7 Å². The van der Waals surface area contributed by atoms with Gasteiger partial charge in [0.2, 0.25) is 0 Å². The van der Waals surface area contributed by atoms with Crippen LogP contribution < -0.4 is 11.5 Å². The molecule has 2 unspecified atom stereocenters. The predicted octanol–water partition coefficient (Wildman–Crippen LogP) is 0.173. The van der Waals surface area contributed by atoms with E-state index in [0.29, 0.717) is 6.54 Å². The fraction of sp³-hybridized carbons (Fsp3) is 1.00. The van der Waals surface area contributed by atoms with E-state index in [9.17, 15) is 5.11 Å². The Morgan fingerprint density at radius 2 is 2.18 bits per heavy atom. The van der Waals surface area contributed by atoms with Gasteiger partial charge < -0.3 is 16.6 Å². The molecular formula is C8H18N2O. The molecule has 1 aliphatic rings. The van der Waals surface area contributed by atoms with E-state index in [1.165, 1.54) is 6.42 Å². The first-order chi connectivity index (χ1) is 5.17. The summed E-state index contributed by atoms with van der Waals surface area (Å²) in [6.45, 7) is 0.629. The highest BCUT2D eigenvalue weighted by molar-refractivity contribution is 4.84. The topological polar surface area (TPSA) is 72.3 Å². The molecule has 0 heterocycles. The average molecular weight is 158 g/mol. The van der Waals surface area contributed by atoms with Crippen molar-refractivity contribution < 1.29 is 5.11 Å². The van der Waals surface area contributed by atoms with Gasteiger partial charge in [-0.25, -0.2) is 0 Å². The van der Waals surface area contributed by atoms with Crippen LogP contribution >= 0.6 is 0 Å². The first-order valence-electron chi connectivity index (χ1n) is 4.38. The van der Waals surface area contributed by atoms with Crippen molar-refractivity contribution in [1.82, 2.24) is 0 Å². The number of nitrogens with two attached hydrogens (primary N) is 2. The molecule has 3 nitrogen and oxygen atoms in total. The summed E-state index contributed by atoms with van der Waals surface area (Å²) < 4.78 is 0. The zero-order valence-corrected chi connectivity index (χ0v) is 6.92. The first kappa shape index (κ1) is 8.97. The maximum absolute atomic E-state index is 9.69. The van der Waals surface area contributed by atoms with E-state index >= 15 is 0 Å². The first-order valence-corrected chi connectivity index (χ1v) is 4.38. The molecule has 0 aromatic heterocycles. The lowest BCUT2D eigenvalue weighted by molar-refractivity contribution is -0.0450. The van der Waals surface area contributed by atoms with Crippen molar-refractivity contribution in [2.45, 2.75) is 37.8 Å². The largest absolute Gasteiger partial charge is 0.376 e. The molecule has 0 aromatic rings. The van der Waals surface area contributed by atoms with Gasteiger partial charge in [-0.3, -0.25) is 0 Å². The van der Waals surface area contributed by atoms with Crippen molar-refractivity contribution >= 4 is 0 Å². The fourth-order valence-corrected chi connectivity index (χ4v) is 1.85. The van der Waals surface area contributed by atoms with E-state index in [1.54, 1.807) is 0 Å². The Bertz CT molecular complexity index is 123. The van der Waals surface area contributed by atoms with Gasteiger partial charge in [0, 0.05) is 5.92 Å². The Labute approximate surface area is 67.8 Å². The van der Waals surface area contributed by atoms with Crippen LogP contribution in [0.4, 0.5) is 0 Å². The summed E-state index contributed by atoms with van der Waals surface area (Å²) in [7, 11) is 0. The third kappa shape index (κ3) is 2.15. The second kappa shape index (κ2) is 3.52. The Hall–Kier alpha value is -0.120. The molecule has 0 saturated heterocycles. The molecule has 0 amide bonds. The minimum Gasteiger partial charge on any atom is -0.376 e. The third-order valence-corrected chi connectivity index (χ3v) is 2.60. The van der Waals surface area contributed by atoms with Crippen LogP contribution in [0.25, 0.3) is 0 Å². The van der Waals surface area contributed by atoms with Gasteiger partial charge in [-0.15, -0.1) is 0 Å². The minimum absolute atomic E-state index is 0.223.